The van der Waals surface area contributed by atoms with Gasteiger partial charge >= 0.3 is 0 Å². The molecule has 1 aromatic heterocycles. The highest BCUT2D eigenvalue weighted by Gasteiger charge is 2.09. The summed E-state index contributed by atoms with van der Waals surface area (Å²) in [5.41, 5.74) is -0.0301. The fraction of sp³-hybridized carbons (Fsp3) is 0.556. The van der Waals surface area contributed by atoms with Crippen LogP contribution >= 0.6 is 22.6 Å². The van der Waals surface area contributed by atoms with Gasteiger partial charge in [0.1, 0.15) is 5.82 Å². The second-order valence-corrected chi connectivity index (χ2v) is 4.12. The molecule has 0 radical (unpaired) electrons. The average molecular weight is 292 g/mol. The van der Waals surface area contributed by atoms with Crippen LogP contribution in [0, 0.1) is 3.57 Å². The van der Waals surface area contributed by atoms with Crippen LogP contribution in [0.5, 0.6) is 0 Å². The van der Waals surface area contributed by atoms with Crippen molar-refractivity contribution in [3.05, 3.63) is 25.9 Å². The fourth-order valence-electron chi connectivity index (χ4n) is 1.28. The third-order valence-electron chi connectivity index (χ3n) is 2.15. The van der Waals surface area contributed by atoms with Crippen LogP contribution in [0.3, 0.4) is 0 Å². The number of rotatable bonds is 3. The summed E-state index contributed by atoms with van der Waals surface area (Å²) in [7, 11) is 0. The molecule has 0 unspecified atom stereocenters. The summed E-state index contributed by atoms with van der Waals surface area (Å²) >= 11 is 1.98. The van der Waals surface area contributed by atoms with Crippen molar-refractivity contribution in [2.24, 2.45) is 0 Å². The second-order valence-electron chi connectivity index (χ2n) is 2.96. The first-order valence-corrected chi connectivity index (χ1v) is 5.51. The van der Waals surface area contributed by atoms with E-state index in [9.17, 15) is 4.79 Å². The van der Waals surface area contributed by atoms with Gasteiger partial charge in [0.15, 0.2) is 0 Å². The molecule has 0 spiro atoms. The number of halogens is 1. The molecule has 13 heavy (non-hydrogen) atoms. The molecule has 0 fully saturated rings. The molecule has 4 heteroatoms. The highest BCUT2D eigenvalue weighted by molar-refractivity contribution is 14.1. The molecule has 0 aliphatic carbocycles. The smallest absolute Gasteiger partial charge is 0.264 e. The number of H-pyrrole nitrogens is 1. The lowest BCUT2D eigenvalue weighted by Crippen LogP contribution is -2.15. The Hall–Kier alpha value is -0.390. The molecule has 0 saturated carbocycles. The molecule has 1 aromatic rings. The highest BCUT2D eigenvalue weighted by atomic mass is 127. The lowest BCUT2D eigenvalue weighted by atomic mass is 10.0. The maximum atomic E-state index is 11.3. The van der Waals surface area contributed by atoms with Crippen molar-refractivity contribution < 1.29 is 0 Å². The van der Waals surface area contributed by atoms with Crippen LogP contribution in [0.15, 0.2) is 11.0 Å². The van der Waals surface area contributed by atoms with Gasteiger partial charge in [-0.05, 0) is 35.4 Å². The predicted molar refractivity (Wildman–Crippen MR) is 60.9 cm³/mol. The van der Waals surface area contributed by atoms with Crippen LogP contribution in [0.4, 0.5) is 0 Å². The standard InChI is InChI=1S/C9H13IN2O/c1-3-6(4-2)8-11-5-7(10)9(13)12-8/h5-6H,3-4H2,1-2H3,(H,11,12,13). The first kappa shape index (κ1) is 10.7. The number of hydrogen-bond donors (Lipinski definition) is 1. The summed E-state index contributed by atoms with van der Waals surface area (Å²) in [5, 5.41) is 0. The summed E-state index contributed by atoms with van der Waals surface area (Å²) in [4.78, 5) is 18.3. The van der Waals surface area contributed by atoms with Crippen molar-refractivity contribution in [2.75, 3.05) is 0 Å². The van der Waals surface area contributed by atoms with E-state index < -0.39 is 0 Å². The van der Waals surface area contributed by atoms with Gasteiger partial charge in [-0.15, -0.1) is 0 Å². The van der Waals surface area contributed by atoms with E-state index in [1.54, 1.807) is 6.20 Å². The van der Waals surface area contributed by atoms with E-state index >= 15 is 0 Å². The monoisotopic (exact) mass is 292 g/mol. The minimum Gasteiger partial charge on any atom is -0.309 e. The maximum Gasteiger partial charge on any atom is 0.264 e. The van der Waals surface area contributed by atoms with Crippen LogP contribution in [-0.4, -0.2) is 9.97 Å². The minimum atomic E-state index is -0.0301. The van der Waals surface area contributed by atoms with Crippen LogP contribution in [-0.2, 0) is 0 Å². The molecular weight excluding hydrogens is 279 g/mol. The van der Waals surface area contributed by atoms with E-state index in [4.69, 9.17) is 0 Å². The van der Waals surface area contributed by atoms with Gasteiger partial charge in [-0.2, -0.15) is 0 Å². The average Bonchev–Trinajstić information content (AvgIpc) is 2.13. The Morgan fingerprint density at radius 1 is 1.54 bits per heavy atom. The van der Waals surface area contributed by atoms with Crippen molar-refractivity contribution in [3.8, 4) is 0 Å². The molecule has 0 aliphatic heterocycles. The number of aromatic nitrogens is 2. The van der Waals surface area contributed by atoms with Gasteiger partial charge in [0.05, 0.1) is 3.57 Å². The van der Waals surface area contributed by atoms with Crippen molar-refractivity contribution in [1.29, 1.82) is 0 Å². The summed E-state index contributed by atoms with van der Waals surface area (Å²) in [6.07, 6.45) is 3.66. The molecule has 72 valence electrons. The molecule has 0 atom stereocenters. The minimum absolute atomic E-state index is 0.0301. The molecule has 3 nitrogen and oxygen atoms in total. The van der Waals surface area contributed by atoms with Crippen LogP contribution in [0.1, 0.15) is 38.4 Å². The van der Waals surface area contributed by atoms with E-state index in [2.05, 4.69) is 23.8 Å². The molecule has 1 N–H and O–H groups in total. The third kappa shape index (κ3) is 2.52. The summed E-state index contributed by atoms with van der Waals surface area (Å²) < 4.78 is 0.646. The van der Waals surface area contributed by atoms with Crippen LogP contribution < -0.4 is 5.56 Å². The normalized spacial score (nSPS) is 10.8. The topological polar surface area (TPSA) is 45.8 Å². The van der Waals surface area contributed by atoms with Gasteiger partial charge in [0, 0.05) is 12.1 Å². The lowest BCUT2D eigenvalue weighted by molar-refractivity contribution is 0.598. The largest absolute Gasteiger partial charge is 0.309 e. The van der Waals surface area contributed by atoms with Crippen molar-refractivity contribution >= 4 is 22.6 Å². The third-order valence-corrected chi connectivity index (χ3v) is 2.92. The highest BCUT2D eigenvalue weighted by Crippen LogP contribution is 2.17. The van der Waals surface area contributed by atoms with Gasteiger partial charge < -0.3 is 4.98 Å². The molecule has 0 saturated heterocycles. The van der Waals surface area contributed by atoms with E-state index in [1.165, 1.54) is 0 Å². The summed E-state index contributed by atoms with van der Waals surface area (Å²) in [5.74, 6) is 1.19. The quantitative estimate of drug-likeness (QED) is 0.869. The van der Waals surface area contributed by atoms with Crippen molar-refractivity contribution in [3.63, 3.8) is 0 Å². The van der Waals surface area contributed by atoms with Gasteiger partial charge in [-0.3, -0.25) is 4.79 Å². The predicted octanol–water partition coefficient (Wildman–Crippen LogP) is 2.28. The van der Waals surface area contributed by atoms with Crippen LogP contribution in [0.2, 0.25) is 0 Å². The zero-order valence-electron chi connectivity index (χ0n) is 7.80. The second kappa shape index (κ2) is 4.74. The Morgan fingerprint density at radius 2 is 2.15 bits per heavy atom. The van der Waals surface area contributed by atoms with Gasteiger partial charge in [0.2, 0.25) is 0 Å². The Balaban J connectivity index is 3.02. The van der Waals surface area contributed by atoms with Crippen LogP contribution in [0.25, 0.3) is 0 Å². The molecule has 1 heterocycles. The Morgan fingerprint density at radius 3 is 2.62 bits per heavy atom. The summed E-state index contributed by atoms with van der Waals surface area (Å²) in [6, 6.07) is 0. The number of aromatic amines is 1. The van der Waals surface area contributed by atoms with E-state index in [1.807, 2.05) is 22.6 Å². The molecule has 0 bridgehead atoms. The van der Waals surface area contributed by atoms with Gasteiger partial charge in [0.25, 0.3) is 5.56 Å². The maximum absolute atomic E-state index is 11.3. The Labute approximate surface area is 91.1 Å². The van der Waals surface area contributed by atoms with Crippen molar-refractivity contribution in [1.82, 2.24) is 9.97 Å². The van der Waals surface area contributed by atoms with E-state index in [0.717, 1.165) is 18.7 Å². The zero-order valence-corrected chi connectivity index (χ0v) is 9.96. The van der Waals surface area contributed by atoms with Gasteiger partial charge in [-0.25, -0.2) is 4.98 Å². The number of hydrogen-bond acceptors (Lipinski definition) is 2. The molecule has 0 aromatic carbocycles. The summed E-state index contributed by atoms with van der Waals surface area (Å²) in [6.45, 7) is 4.21. The molecular formula is C9H13IN2O. The van der Waals surface area contributed by atoms with E-state index in [0.29, 0.717) is 9.49 Å². The van der Waals surface area contributed by atoms with Crippen molar-refractivity contribution in [2.45, 2.75) is 32.6 Å². The fourth-order valence-corrected chi connectivity index (χ4v) is 1.55. The molecule has 0 aliphatic rings. The number of nitrogens with one attached hydrogen (secondary N) is 1. The molecule has 1 rings (SSSR count). The lowest BCUT2D eigenvalue weighted by Gasteiger charge is -2.10. The molecule has 0 amide bonds. The first-order chi connectivity index (χ1) is 6.19. The number of nitrogens with zero attached hydrogens (tertiary/aromatic N) is 1. The first-order valence-electron chi connectivity index (χ1n) is 4.43. The Bertz CT molecular complexity index is 331. The SMILES string of the molecule is CCC(CC)c1ncc(I)c(=O)[nH]1. The Kier molecular flexibility index (Phi) is 3.90. The van der Waals surface area contributed by atoms with Gasteiger partial charge in [-0.1, -0.05) is 13.8 Å². The van der Waals surface area contributed by atoms with E-state index in [-0.39, 0.29) is 5.56 Å². The zero-order chi connectivity index (χ0) is 9.84.